The number of fused-ring (bicyclic) bond motifs is 1. The topological polar surface area (TPSA) is 123 Å². The van der Waals surface area contributed by atoms with Gasteiger partial charge in [-0.15, -0.1) is 0 Å². The Morgan fingerprint density at radius 1 is 1.05 bits per heavy atom. The largest absolute Gasteiger partial charge is 0.355 e. The number of anilines is 1. The molecule has 220 valence electrons. The van der Waals surface area contributed by atoms with Crippen LogP contribution in [0.1, 0.15) is 34.0 Å². The van der Waals surface area contributed by atoms with E-state index >= 15 is 0 Å². The molecule has 43 heavy (non-hydrogen) atoms. The summed E-state index contributed by atoms with van der Waals surface area (Å²) in [6, 6.07) is 11.2. The lowest BCUT2D eigenvalue weighted by Crippen LogP contribution is -2.38. The van der Waals surface area contributed by atoms with Gasteiger partial charge in [0.1, 0.15) is 17.3 Å². The zero-order chi connectivity index (χ0) is 30.8. The van der Waals surface area contributed by atoms with E-state index in [4.69, 9.17) is 0 Å². The maximum Gasteiger partial charge on any atom is 0.277 e. The molecule has 10 nitrogen and oxygen atoms in total. The van der Waals surface area contributed by atoms with Gasteiger partial charge in [0.25, 0.3) is 11.5 Å². The van der Waals surface area contributed by atoms with Gasteiger partial charge in [0.05, 0.1) is 36.2 Å². The first-order valence-electron chi connectivity index (χ1n) is 13.7. The number of carbonyl (C=O) groups is 2. The zero-order valence-electron chi connectivity index (χ0n) is 24.5. The van der Waals surface area contributed by atoms with E-state index in [1.54, 1.807) is 64.6 Å². The van der Waals surface area contributed by atoms with Gasteiger partial charge in [0.15, 0.2) is 0 Å². The summed E-state index contributed by atoms with van der Waals surface area (Å²) in [4.78, 5) is 48.1. The molecule has 5 aromatic rings. The van der Waals surface area contributed by atoms with Gasteiger partial charge in [-0.05, 0) is 74.8 Å². The number of carbonyl (C=O) groups excluding carboxylic acids is 2. The Hall–Kier alpha value is -5.16. The van der Waals surface area contributed by atoms with Crippen LogP contribution in [0.5, 0.6) is 0 Å². The number of halogens is 1. The normalized spacial score (nSPS) is 11.9. The molecule has 5 rings (SSSR count). The van der Waals surface area contributed by atoms with Crippen LogP contribution in [0, 0.1) is 19.7 Å². The summed E-state index contributed by atoms with van der Waals surface area (Å²) in [5, 5.41) is 8.96. The van der Waals surface area contributed by atoms with Gasteiger partial charge in [-0.25, -0.2) is 9.37 Å². The molecule has 0 unspecified atom stereocenters. The van der Waals surface area contributed by atoms with Crippen LogP contribution in [0.4, 0.5) is 10.1 Å². The number of benzene rings is 2. The Bertz CT molecular complexity index is 1930. The predicted octanol–water partition coefficient (Wildman–Crippen LogP) is 3.96. The molecule has 0 saturated heterocycles. The summed E-state index contributed by atoms with van der Waals surface area (Å²) in [6.45, 7) is 5.47. The maximum absolute atomic E-state index is 13.9. The lowest BCUT2D eigenvalue weighted by Gasteiger charge is -2.18. The van der Waals surface area contributed by atoms with E-state index in [0.717, 1.165) is 22.2 Å². The highest BCUT2D eigenvalue weighted by Crippen LogP contribution is 2.27. The molecule has 2 amide bonds. The fourth-order valence-corrected chi connectivity index (χ4v) is 5.03. The second-order valence-electron chi connectivity index (χ2n) is 10.3. The molecule has 0 aliphatic rings. The average molecular weight is 582 g/mol. The molecule has 0 aliphatic carbocycles. The summed E-state index contributed by atoms with van der Waals surface area (Å²) in [5.74, 6) is -0.625. The number of amides is 2. The van der Waals surface area contributed by atoms with E-state index in [2.05, 4.69) is 25.9 Å². The van der Waals surface area contributed by atoms with Crippen molar-refractivity contribution in [1.82, 2.24) is 29.7 Å². The first-order valence-corrected chi connectivity index (χ1v) is 13.7. The summed E-state index contributed by atoms with van der Waals surface area (Å²) in [6.07, 6.45) is 6.60. The second-order valence-corrected chi connectivity index (χ2v) is 10.3. The predicted molar refractivity (Wildman–Crippen MR) is 164 cm³/mol. The number of aryl methyl sites for hydroxylation is 1. The monoisotopic (exact) mass is 581 g/mol. The molecule has 0 aliphatic heterocycles. The van der Waals surface area contributed by atoms with Crippen molar-refractivity contribution < 1.29 is 14.0 Å². The van der Waals surface area contributed by atoms with Crippen molar-refractivity contribution >= 4 is 28.4 Å². The van der Waals surface area contributed by atoms with Crippen molar-refractivity contribution in [2.24, 2.45) is 0 Å². The SMILES string of the molecule is CNC(=O)c1cccc(-c2ncc(NC(=O)[C@H](C)NC)c(=O)n2Cc2cncc(-n3cc(C)c4cc(F)ccc43)c2)c1C. The first kappa shape index (κ1) is 29.3. The number of pyridine rings is 1. The standard InChI is InChI=1S/C32H32FN7O3/c1-18-16-39(28-10-9-22(33)12-26(18)28)23-11-21(13-36-14-23)17-40-29(24-7-6-8-25(19(24)2)31(42)35-5)37-15-27(32(40)43)38-30(41)20(3)34-4/h6-16,20,34H,17H2,1-5H3,(H,35,42)(H,38,41)/t20-/m0/s1. The van der Waals surface area contributed by atoms with E-state index in [-0.39, 0.29) is 29.9 Å². The summed E-state index contributed by atoms with van der Waals surface area (Å²) >= 11 is 0. The lowest BCUT2D eigenvalue weighted by molar-refractivity contribution is -0.117. The van der Waals surface area contributed by atoms with Gasteiger partial charge >= 0.3 is 0 Å². The summed E-state index contributed by atoms with van der Waals surface area (Å²) < 4.78 is 17.3. The fourth-order valence-electron chi connectivity index (χ4n) is 5.03. The van der Waals surface area contributed by atoms with E-state index in [0.29, 0.717) is 28.1 Å². The third-order valence-electron chi connectivity index (χ3n) is 7.54. The third-order valence-corrected chi connectivity index (χ3v) is 7.54. The molecule has 0 fully saturated rings. The van der Waals surface area contributed by atoms with Crippen molar-refractivity contribution in [1.29, 1.82) is 0 Å². The lowest BCUT2D eigenvalue weighted by atomic mass is 10.0. The van der Waals surface area contributed by atoms with Crippen molar-refractivity contribution in [2.75, 3.05) is 19.4 Å². The highest BCUT2D eigenvalue weighted by molar-refractivity contribution is 5.97. The fraction of sp³-hybridized carbons (Fsp3) is 0.219. The smallest absolute Gasteiger partial charge is 0.277 e. The van der Waals surface area contributed by atoms with Gasteiger partial charge in [-0.1, -0.05) is 12.1 Å². The van der Waals surface area contributed by atoms with Gasteiger partial charge in [0.2, 0.25) is 5.91 Å². The molecule has 0 spiro atoms. The number of nitrogens with zero attached hydrogens (tertiary/aromatic N) is 4. The van der Waals surface area contributed by atoms with Crippen molar-refractivity contribution in [2.45, 2.75) is 33.4 Å². The molecule has 0 radical (unpaired) electrons. The minimum Gasteiger partial charge on any atom is -0.355 e. The highest BCUT2D eigenvalue weighted by Gasteiger charge is 2.20. The average Bonchev–Trinajstić information content (AvgIpc) is 3.34. The molecule has 0 saturated carbocycles. The maximum atomic E-state index is 13.9. The minimum atomic E-state index is -0.534. The molecule has 3 N–H and O–H groups in total. The quantitative estimate of drug-likeness (QED) is 0.255. The Morgan fingerprint density at radius 3 is 2.58 bits per heavy atom. The molecule has 11 heteroatoms. The van der Waals surface area contributed by atoms with Crippen LogP contribution in [-0.4, -0.2) is 51.1 Å². The van der Waals surface area contributed by atoms with Crippen molar-refractivity contribution in [3.05, 3.63) is 106 Å². The van der Waals surface area contributed by atoms with E-state index in [1.165, 1.54) is 22.9 Å². The van der Waals surface area contributed by atoms with Crippen LogP contribution in [0.25, 0.3) is 28.0 Å². The van der Waals surface area contributed by atoms with Crippen LogP contribution in [0.15, 0.2) is 72.0 Å². The van der Waals surface area contributed by atoms with Crippen LogP contribution >= 0.6 is 0 Å². The summed E-state index contributed by atoms with van der Waals surface area (Å²) in [7, 11) is 3.20. The summed E-state index contributed by atoms with van der Waals surface area (Å²) in [5.41, 5.74) is 4.41. The van der Waals surface area contributed by atoms with Crippen LogP contribution in [0.2, 0.25) is 0 Å². The minimum absolute atomic E-state index is 0.0223. The van der Waals surface area contributed by atoms with Gasteiger partial charge in [-0.2, -0.15) is 0 Å². The number of nitrogens with one attached hydrogen (secondary N) is 3. The molecule has 1 atom stereocenters. The molecule has 2 aromatic carbocycles. The number of likely N-dealkylation sites (N-methyl/N-ethyl adjacent to an activating group) is 1. The molecular weight excluding hydrogens is 549 g/mol. The van der Waals surface area contributed by atoms with E-state index in [9.17, 15) is 18.8 Å². The van der Waals surface area contributed by atoms with Crippen LogP contribution < -0.4 is 21.5 Å². The Morgan fingerprint density at radius 2 is 1.84 bits per heavy atom. The van der Waals surface area contributed by atoms with Gasteiger partial charge in [0, 0.05) is 36.0 Å². The molecular formula is C32H32FN7O3. The Kier molecular flexibility index (Phi) is 8.18. The van der Waals surface area contributed by atoms with Gasteiger partial charge in [-0.3, -0.25) is 23.9 Å². The zero-order valence-corrected chi connectivity index (χ0v) is 24.5. The number of hydrogen-bond donors (Lipinski definition) is 3. The molecule has 3 aromatic heterocycles. The Labute approximate surface area is 247 Å². The van der Waals surface area contributed by atoms with Crippen molar-refractivity contribution in [3.8, 4) is 17.1 Å². The number of hydrogen-bond acceptors (Lipinski definition) is 6. The van der Waals surface area contributed by atoms with Crippen LogP contribution in [-0.2, 0) is 11.3 Å². The third kappa shape index (κ3) is 5.67. The number of aromatic nitrogens is 4. The van der Waals surface area contributed by atoms with Crippen molar-refractivity contribution in [3.63, 3.8) is 0 Å². The molecule has 3 heterocycles. The first-order chi connectivity index (χ1) is 20.6. The second kappa shape index (κ2) is 12.0. The Balaban J connectivity index is 1.63. The van der Waals surface area contributed by atoms with Crippen LogP contribution in [0.3, 0.4) is 0 Å². The van der Waals surface area contributed by atoms with E-state index < -0.39 is 11.6 Å². The molecule has 0 bridgehead atoms. The number of rotatable bonds is 8. The van der Waals surface area contributed by atoms with E-state index in [1.807, 2.05) is 23.8 Å². The van der Waals surface area contributed by atoms with Gasteiger partial charge < -0.3 is 20.5 Å². The highest BCUT2D eigenvalue weighted by atomic mass is 19.1.